The quantitative estimate of drug-likeness (QED) is 0.696. The number of rotatable bonds is 1. The summed E-state index contributed by atoms with van der Waals surface area (Å²) in [7, 11) is 0. The first-order chi connectivity index (χ1) is 9.60. The van der Waals surface area contributed by atoms with E-state index in [4.69, 9.17) is 17.5 Å². The van der Waals surface area contributed by atoms with Crippen LogP contribution in [0, 0.1) is 29.9 Å². The van der Waals surface area contributed by atoms with Crippen LogP contribution in [0.15, 0.2) is 24.3 Å². The van der Waals surface area contributed by atoms with Gasteiger partial charge in [0.15, 0.2) is 16.1 Å². The number of aromatic nitrogens is 4. The molecule has 0 atom stereocenters. The van der Waals surface area contributed by atoms with Gasteiger partial charge in [0.05, 0.1) is 0 Å². The lowest BCUT2D eigenvalue weighted by molar-refractivity contribution is 1.01. The molecule has 0 spiro atoms. The predicted molar refractivity (Wildman–Crippen MR) is 78.2 cm³/mol. The fourth-order valence-corrected chi connectivity index (χ4v) is 2.40. The number of nitriles is 1. The Morgan fingerprint density at radius 1 is 1.20 bits per heavy atom. The molecule has 5 nitrogen and oxygen atoms in total. The SMILES string of the molecule is Cc1ccc(-n2c(=S)[nH]c3c(C#N)nc(C)nc32)cc1. The molecule has 0 aliphatic rings. The van der Waals surface area contributed by atoms with Gasteiger partial charge in [-0.25, -0.2) is 9.97 Å². The average molecular weight is 281 g/mol. The number of nitrogens with zero attached hydrogens (tertiary/aromatic N) is 4. The van der Waals surface area contributed by atoms with E-state index in [1.807, 2.05) is 35.8 Å². The van der Waals surface area contributed by atoms with Crippen molar-refractivity contribution in [2.45, 2.75) is 13.8 Å². The zero-order chi connectivity index (χ0) is 14.3. The van der Waals surface area contributed by atoms with E-state index >= 15 is 0 Å². The summed E-state index contributed by atoms with van der Waals surface area (Å²) in [6.07, 6.45) is 0. The number of H-pyrrole nitrogens is 1. The topological polar surface area (TPSA) is 70.3 Å². The molecule has 20 heavy (non-hydrogen) atoms. The largest absolute Gasteiger partial charge is 0.326 e. The van der Waals surface area contributed by atoms with Gasteiger partial charge in [0.1, 0.15) is 17.4 Å². The van der Waals surface area contributed by atoms with E-state index in [0.717, 1.165) is 5.69 Å². The van der Waals surface area contributed by atoms with Crippen LogP contribution in [0.4, 0.5) is 0 Å². The molecule has 2 heterocycles. The molecule has 1 aromatic carbocycles. The minimum Gasteiger partial charge on any atom is -0.326 e. The second-order valence-electron chi connectivity index (χ2n) is 4.53. The van der Waals surface area contributed by atoms with Crippen LogP contribution in [0.1, 0.15) is 17.1 Å². The fourth-order valence-electron chi connectivity index (χ4n) is 2.11. The summed E-state index contributed by atoms with van der Waals surface area (Å²) in [5, 5.41) is 9.16. The fraction of sp³-hybridized carbons (Fsp3) is 0.143. The van der Waals surface area contributed by atoms with Gasteiger partial charge in [0.2, 0.25) is 0 Å². The van der Waals surface area contributed by atoms with Crippen LogP contribution in [0.2, 0.25) is 0 Å². The van der Waals surface area contributed by atoms with Crippen molar-refractivity contribution in [3.05, 3.63) is 46.1 Å². The van der Waals surface area contributed by atoms with E-state index < -0.39 is 0 Å². The van der Waals surface area contributed by atoms with Crippen molar-refractivity contribution in [3.8, 4) is 11.8 Å². The Balaban J connectivity index is 2.40. The third-order valence-electron chi connectivity index (χ3n) is 3.05. The molecule has 3 rings (SSSR count). The summed E-state index contributed by atoms with van der Waals surface area (Å²) in [5.41, 5.74) is 3.59. The van der Waals surface area contributed by atoms with Gasteiger partial charge in [-0.3, -0.25) is 4.57 Å². The van der Waals surface area contributed by atoms with Gasteiger partial charge in [-0.15, -0.1) is 0 Å². The Labute approximate surface area is 120 Å². The number of fused-ring (bicyclic) bond motifs is 1. The lowest BCUT2D eigenvalue weighted by Gasteiger charge is -2.04. The summed E-state index contributed by atoms with van der Waals surface area (Å²) in [6, 6.07) is 10.0. The zero-order valence-electron chi connectivity index (χ0n) is 11.0. The first-order valence-electron chi connectivity index (χ1n) is 6.06. The number of nitrogens with one attached hydrogen (secondary N) is 1. The van der Waals surface area contributed by atoms with Crippen molar-refractivity contribution in [3.63, 3.8) is 0 Å². The molecule has 98 valence electrons. The van der Waals surface area contributed by atoms with Crippen LogP contribution in [0.5, 0.6) is 0 Å². The third kappa shape index (κ3) is 1.89. The van der Waals surface area contributed by atoms with Crippen molar-refractivity contribution in [1.82, 2.24) is 19.5 Å². The average Bonchev–Trinajstić information content (AvgIpc) is 2.75. The Morgan fingerprint density at radius 2 is 1.90 bits per heavy atom. The number of aromatic amines is 1. The lowest BCUT2D eigenvalue weighted by atomic mass is 10.2. The molecule has 0 bridgehead atoms. The highest BCUT2D eigenvalue weighted by Gasteiger charge is 2.13. The summed E-state index contributed by atoms with van der Waals surface area (Å²) < 4.78 is 2.32. The summed E-state index contributed by atoms with van der Waals surface area (Å²) in [5.74, 6) is 0.545. The normalized spacial score (nSPS) is 10.7. The maximum Gasteiger partial charge on any atom is 0.184 e. The maximum atomic E-state index is 9.16. The van der Waals surface area contributed by atoms with E-state index in [1.165, 1.54) is 5.56 Å². The molecular weight excluding hydrogens is 270 g/mol. The van der Waals surface area contributed by atoms with E-state index in [0.29, 0.717) is 27.5 Å². The highest BCUT2D eigenvalue weighted by molar-refractivity contribution is 7.71. The molecule has 0 saturated heterocycles. The second-order valence-corrected chi connectivity index (χ2v) is 4.92. The van der Waals surface area contributed by atoms with Crippen molar-refractivity contribution >= 4 is 23.4 Å². The number of hydrogen-bond donors (Lipinski definition) is 1. The van der Waals surface area contributed by atoms with Gasteiger partial charge >= 0.3 is 0 Å². The standard InChI is InChI=1S/C14H11N5S/c1-8-3-5-10(6-4-8)19-13-12(18-14(19)20)11(7-15)16-9(2)17-13/h3-6H,1-2H3,(H,18,20). The molecule has 0 aliphatic heterocycles. The summed E-state index contributed by atoms with van der Waals surface area (Å²) in [4.78, 5) is 11.5. The number of hydrogen-bond acceptors (Lipinski definition) is 4. The molecule has 0 aliphatic carbocycles. The van der Waals surface area contributed by atoms with E-state index in [1.54, 1.807) is 6.92 Å². The Morgan fingerprint density at radius 3 is 2.55 bits per heavy atom. The van der Waals surface area contributed by atoms with Crippen LogP contribution >= 0.6 is 12.2 Å². The van der Waals surface area contributed by atoms with Gasteiger partial charge in [-0.2, -0.15) is 5.26 Å². The maximum absolute atomic E-state index is 9.16. The molecule has 0 saturated carbocycles. The summed E-state index contributed by atoms with van der Waals surface area (Å²) in [6.45, 7) is 3.79. The van der Waals surface area contributed by atoms with Gasteiger partial charge < -0.3 is 4.98 Å². The number of imidazole rings is 1. The molecule has 0 unspecified atom stereocenters. The third-order valence-corrected chi connectivity index (χ3v) is 3.33. The minimum atomic E-state index is 0.310. The van der Waals surface area contributed by atoms with Crippen molar-refractivity contribution in [1.29, 1.82) is 5.26 Å². The molecule has 1 N–H and O–H groups in total. The smallest absolute Gasteiger partial charge is 0.184 e. The monoisotopic (exact) mass is 281 g/mol. The highest BCUT2D eigenvalue weighted by atomic mass is 32.1. The molecule has 6 heteroatoms. The van der Waals surface area contributed by atoms with E-state index in [-0.39, 0.29) is 0 Å². The lowest BCUT2D eigenvalue weighted by Crippen LogP contribution is -1.99. The molecule has 3 aromatic rings. The van der Waals surface area contributed by atoms with Crippen molar-refractivity contribution in [2.75, 3.05) is 0 Å². The van der Waals surface area contributed by atoms with Crippen LogP contribution in [-0.2, 0) is 0 Å². The van der Waals surface area contributed by atoms with Crippen LogP contribution in [0.25, 0.3) is 16.9 Å². The highest BCUT2D eigenvalue weighted by Crippen LogP contribution is 2.20. The summed E-state index contributed by atoms with van der Waals surface area (Å²) >= 11 is 5.35. The predicted octanol–water partition coefficient (Wildman–Crippen LogP) is 2.97. The Kier molecular flexibility index (Phi) is 2.84. The van der Waals surface area contributed by atoms with Crippen LogP contribution < -0.4 is 0 Å². The molecule has 2 aromatic heterocycles. The molecule has 0 fully saturated rings. The first kappa shape index (κ1) is 12.5. The molecule has 0 radical (unpaired) electrons. The van der Waals surface area contributed by atoms with Gasteiger partial charge in [0, 0.05) is 5.69 Å². The van der Waals surface area contributed by atoms with E-state index in [9.17, 15) is 0 Å². The Bertz CT molecular complexity index is 896. The number of aryl methyl sites for hydroxylation is 2. The van der Waals surface area contributed by atoms with Gasteiger partial charge in [-0.1, -0.05) is 17.7 Å². The number of benzene rings is 1. The van der Waals surface area contributed by atoms with Gasteiger partial charge in [-0.05, 0) is 38.2 Å². The van der Waals surface area contributed by atoms with Gasteiger partial charge in [0.25, 0.3) is 0 Å². The first-order valence-corrected chi connectivity index (χ1v) is 6.47. The minimum absolute atomic E-state index is 0.310. The Hall–Kier alpha value is -2.52. The zero-order valence-corrected chi connectivity index (χ0v) is 11.8. The van der Waals surface area contributed by atoms with Crippen LogP contribution in [0.3, 0.4) is 0 Å². The van der Waals surface area contributed by atoms with Crippen molar-refractivity contribution < 1.29 is 0 Å². The van der Waals surface area contributed by atoms with Crippen LogP contribution in [-0.4, -0.2) is 19.5 Å². The molecule has 0 amide bonds. The van der Waals surface area contributed by atoms with E-state index in [2.05, 4.69) is 21.0 Å². The molecular formula is C14H11N5S. The van der Waals surface area contributed by atoms with Crippen molar-refractivity contribution in [2.24, 2.45) is 0 Å². The second kappa shape index (κ2) is 4.54.